The molecule has 0 saturated carbocycles. The van der Waals surface area contributed by atoms with E-state index in [1.807, 2.05) is 0 Å². The van der Waals surface area contributed by atoms with Gasteiger partial charge in [-0.05, 0) is 6.92 Å². The number of nitrogens with one attached hydrogen (secondary N) is 1. The Morgan fingerprint density at radius 1 is 1.24 bits per heavy atom. The van der Waals surface area contributed by atoms with Gasteiger partial charge in [-0.15, -0.1) is 0 Å². The third kappa shape index (κ3) is 6.76. The lowest BCUT2D eigenvalue weighted by molar-refractivity contribution is -0.0573. The van der Waals surface area contributed by atoms with Gasteiger partial charge in [0.05, 0.1) is 19.0 Å². The molecule has 5 atom stereocenters. The molecule has 0 aromatic carbocycles. The Kier molecular flexibility index (Phi) is 7.60. The Hall–Kier alpha value is -1.52. The number of imidazole rings is 1. The molecule has 186 valence electrons. The number of ether oxygens (including phenoxy) is 2. The van der Waals surface area contributed by atoms with Crippen molar-refractivity contribution in [3.8, 4) is 0 Å². The summed E-state index contributed by atoms with van der Waals surface area (Å²) in [5.74, 6) is -0.155. The van der Waals surface area contributed by atoms with Gasteiger partial charge in [-0.1, -0.05) is 0 Å². The summed E-state index contributed by atoms with van der Waals surface area (Å²) >= 11 is 0. The number of nitrogens with two attached hydrogens (primary N) is 1. The van der Waals surface area contributed by atoms with Crippen molar-refractivity contribution in [2.24, 2.45) is 0 Å². The molecule has 0 spiro atoms. The Labute approximate surface area is 184 Å². The van der Waals surface area contributed by atoms with E-state index in [0.29, 0.717) is 0 Å². The molecule has 1 saturated heterocycles. The Bertz CT molecular complexity index is 1210. The van der Waals surface area contributed by atoms with Crippen LogP contribution in [0.4, 0.5) is 5.95 Å². The molecular formula is C12H20N5O13P3. The molecule has 3 heterocycles. The third-order valence-corrected chi connectivity index (χ3v) is 7.94. The fraction of sp³-hybridized carbons (Fsp3) is 0.583. The number of nitrogens with zero attached hydrogens (tertiary/aromatic N) is 3. The molecule has 33 heavy (non-hydrogen) atoms. The summed E-state index contributed by atoms with van der Waals surface area (Å²) in [5.41, 5.74) is 5.11. The normalized spacial score (nSPS) is 25.2. The van der Waals surface area contributed by atoms with Crippen molar-refractivity contribution in [1.29, 1.82) is 0 Å². The maximum Gasteiger partial charge on any atom is 0.490 e. The highest BCUT2D eigenvalue weighted by atomic mass is 31.3. The van der Waals surface area contributed by atoms with Crippen molar-refractivity contribution in [2.75, 3.05) is 18.9 Å². The molecule has 3 unspecified atom stereocenters. The molecule has 2 aromatic rings. The van der Waals surface area contributed by atoms with Gasteiger partial charge in [-0.3, -0.25) is 18.9 Å². The first-order valence-corrected chi connectivity index (χ1v) is 13.5. The molecule has 0 amide bonds. The topological polar surface area (TPSA) is 268 Å². The van der Waals surface area contributed by atoms with E-state index in [-0.39, 0.29) is 30.1 Å². The summed E-state index contributed by atoms with van der Waals surface area (Å²) in [6, 6.07) is 0. The van der Waals surface area contributed by atoms with E-state index in [2.05, 4.69) is 28.1 Å². The van der Waals surface area contributed by atoms with Crippen LogP contribution in [0, 0.1) is 0 Å². The maximum atomic E-state index is 12.0. The first kappa shape index (κ1) is 26.1. The molecule has 0 radical (unpaired) electrons. The van der Waals surface area contributed by atoms with E-state index in [1.165, 1.54) is 10.9 Å². The summed E-state index contributed by atoms with van der Waals surface area (Å²) in [4.78, 5) is 58.2. The second-order valence-corrected chi connectivity index (χ2v) is 10.9. The maximum absolute atomic E-state index is 12.0. The second-order valence-electron chi connectivity index (χ2n) is 6.52. The van der Waals surface area contributed by atoms with E-state index >= 15 is 0 Å². The Balaban J connectivity index is 1.73. The molecule has 3 rings (SSSR count). The first-order chi connectivity index (χ1) is 15.2. The number of fused-ring (bicyclic) bond motifs is 1. The average Bonchev–Trinajstić information content (AvgIpc) is 3.21. The molecule has 1 fully saturated rings. The highest BCUT2D eigenvalue weighted by molar-refractivity contribution is 7.66. The minimum atomic E-state index is -5.65. The van der Waals surface area contributed by atoms with Gasteiger partial charge < -0.3 is 34.8 Å². The number of nitrogen functional groups attached to an aromatic ring is 1. The first-order valence-electron chi connectivity index (χ1n) is 8.97. The van der Waals surface area contributed by atoms with Gasteiger partial charge in [0.1, 0.15) is 12.3 Å². The minimum Gasteiger partial charge on any atom is -0.376 e. The van der Waals surface area contributed by atoms with Crippen LogP contribution < -0.4 is 11.3 Å². The monoisotopic (exact) mass is 535 g/mol. The van der Waals surface area contributed by atoms with Gasteiger partial charge in [0, 0.05) is 13.0 Å². The summed E-state index contributed by atoms with van der Waals surface area (Å²) in [6.07, 6.45) is -1.08. The Morgan fingerprint density at radius 3 is 2.58 bits per heavy atom. The van der Waals surface area contributed by atoms with Gasteiger partial charge in [0.25, 0.3) is 5.56 Å². The number of aromatic amines is 1. The third-order valence-electron chi connectivity index (χ3n) is 4.14. The number of phosphoric acid groups is 3. The zero-order valence-electron chi connectivity index (χ0n) is 16.7. The molecule has 7 N–H and O–H groups in total. The van der Waals surface area contributed by atoms with E-state index in [1.54, 1.807) is 6.92 Å². The quantitative estimate of drug-likeness (QED) is 0.214. The summed E-state index contributed by atoms with van der Waals surface area (Å²) in [5, 5.41) is 0. The van der Waals surface area contributed by atoms with E-state index in [0.717, 1.165) is 0 Å². The van der Waals surface area contributed by atoms with Crippen LogP contribution in [-0.4, -0.2) is 64.5 Å². The molecule has 0 bridgehead atoms. The number of rotatable bonds is 10. The van der Waals surface area contributed by atoms with Crippen molar-refractivity contribution in [3.05, 3.63) is 16.7 Å². The van der Waals surface area contributed by atoms with Crippen LogP contribution in [0.1, 0.15) is 19.6 Å². The van der Waals surface area contributed by atoms with Crippen molar-refractivity contribution >= 4 is 40.6 Å². The Morgan fingerprint density at radius 2 is 1.94 bits per heavy atom. The van der Waals surface area contributed by atoms with E-state index < -0.39 is 54.1 Å². The summed E-state index contributed by atoms with van der Waals surface area (Å²) in [6.45, 7) is 1.21. The van der Waals surface area contributed by atoms with Gasteiger partial charge in [-0.2, -0.15) is 13.6 Å². The SMILES string of the molecule is CCOC1C[C@H](n2cnc3c(=O)[nH]c(N)nc32)O[C@@H]1COP(=O)(O)OP(=O)(O)OP(=O)(O)O. The summed E-state index contributed by atoms with van der Waals surface area (Å²) in [7, 11) is -16.5. The predicted octanol–water partition coefficient (Wildman–Crippen LogP) is -0.262. The standard InChI is InChI=1S/C12H20N5O13P3/c1-2-26-6-3-8(17-5-14-9-10(17)15-12(13)16-11(9)18)28-7(6)4-27-32(22,23)30-33(24,25)29-31(19,20)21/h5-8H,2-4H2,1H3,(H,22,23)(H,24,25)(H2,19,20,21)(H3,13,15,16,18)/t6?,7-,8-/m1/s1. The van der Waals surface area contributed by atoms with Gasteiger partial charge in [0.15, 0.2) is 11.2 Å². The van der Waals surface area contributed by atoms with Crippen LogP contribution in [0.25, 0.3) is 11.2 Å². The highest BCUT2D eigenvalue weighted by Gasteiger charge is 2.43. The minimum absolute atomic E-state index is 0.00234. The highest BCUT2D eigenvalue weighted by Crippen LogP contribution is 2.66. The number of phosphoric ester groups is 1. The van der Waals surface area contributed by atoms with Crippen molar-refractivity contribution in [3.63, 3.8) is 0 Å². The molecule has 18 nitrogen and oxygen atoms in total. The van der Waals surface area contributed by atoms with Crippen molar-refractivity contribution in [1.82, 2.24) is 19.5 Å². The van der Waals surface area contributed by atoms with E-state index in [4.69, 9.17) is 25.0 Å². The van der Waals surface area contributed by atoms with Crippen molar-refractivity contribution in [2.45, 2.75) is 31.8 Å². The van der Waals surface area contributed by atoms with E-state index in [9.17, 15) is 28.3 Å². The largest absolute Gasteiger partial charge is 0.490 e. The zero-order chi connectivity index (χ0) is 24.6. The van der Waals surface area contributed by atoms with Crippen LogP contribution >= 0.6 is 23.5 Å². The molecule has 2 aromatic heterocycles. The molecule has 21 heteroatoms. The lowest BCUT2D eigenvalue weighted by atomic mass is 10.2. The van der Waals surface area contributed by atoms with Crippen LogP contribution in [0.2, 0.25) is 0 Å². The molecular weight excluding hydrogens is 515 g/mol. The molecule has 0 aliphatic carbocycles. The lowest BCUT2D eigenvalue weighted by Gasteiger charge is -2.21. The number of anilines is 1. The smallest absolute Gasteiger partial charge is 0.376 e. The van der Waals surface area contributed by atoms with Crippen LogP contribution in [0.5, 0.6) is 0 Å². The number of hydrogen-bond acceptors (Lipinski definition) is 12. The van der Waals surface area contributed by atoms with Gasteiger partial charge in [-0.25, -0.2) is 18.7 Å². The number of H-pyrrole nitrogens is 1. The number of aromatic nitrogens is 4. The molecule has 1 aliphatic heterocycles. The summed E-state index contributed by atoms with van der Waals surface area (Å²) < 4.78 is 58.8. The number of hydrogen-bond donors (Lipinski definition) is 6. The van der Waals surface area contributed by atoms with Crippen LogP contribution in [0.3, 0.4) is 0 Å². The second kappa shape index (κ2) is 9.62. The fourth-order valence-electron chi connectivity index (χ4n) is 3.04. The lowest BCUT2D eigenvalue weighted by Crippen LogP contribution is -2.29. The average molecular weight is 535 g/mol. The van der Waals surface area contributed by atoms with Crippen molar-refractivity contribution < 1.29 is 55.9 Å². The van der Waals surface area contributed by atoms with Gasteiger partial charge in [0.2, 0.25) is 5.95 Å². The fourth-order valence-corrected chi connectivity index (χ4v) is 6.07. The predicted molar refractivity (Wildman–Crippen MR) is 106 cm³/mol. The van der Waals surface area contributed by atoms with Gasteiger partial charge >= 0.3 is 23.5 Å². The zero-order valence-corrected chi connectivity index (χ0v) is 19.3. The van der Waals surface area contributed by atoms with Crippen LogP contribution in [-0.2, 0) is 36.3 Å². The van der Waals surface area contributed by atoms with Crippen LogP contribution in [0.15, 0.2) is 11.1 Å². The molecule has 1 aliphatic rings.